The van der Waals surface area contributed by atoms with E-state index in [0.29, 0.717) is 22.1 Å². The van der Waals surface area contributed by atoms with Crippen molar-refractivity contribution in [3.05, 3.63) is 59.1 Å². The molecule has 7 heteroatoms. The highest BCUT2D eigenvalue weighted by atomic mass is 32.1. The molecule has 4 rings (SSSR count). The van der Waals surface area contributed by atoms with Crippen LogP contribution in [0.25, 0.3) is 16.8 Å². The lowest BCUT2D eigenvalue weighted by atomic mass is 10.2. The first-order chi connectivity index (χ1) is 13.3. The lowest BCUT2D eigenvalue weighted by molar-refractivity contribution is 0.174. The minimum atomic E-state index is 0.228. The molecule has 134 valence electrons. The fourth-order valence-corrected chi connectivity index (χ4v) is 3.37. The second-order valence-corrected chi connectivity index (χ2v) is 6.51. The van der Waals surface area contributed by atoms with E-state index in [-0.39, 0.29) is 6.79 Å². The van der Waals surface area contributed by atoms with E-state index in [0.717, 1.165) is 22.7 Å². The van der Waals surface area contributed by atoms with Gasteiger partial charge in [0, 0.05) is 28.9 Å². The number of methoxy groups -OCH3 is 1. The van der Waals surface area contributed by atoms with E-state index in [2.05, 4.69) is 16.4 Å². The minimum Gasteiger partial charge on any atom is -0.497 e. The third-order valence-electron chi connectivity index (χ3n) is 4.00. The second-order valence-electron chi connectivity index (χ2n) is 5.65. The molecule has 2 aromatic carbocycles. The summed E-state index contributed by atoms with van der Waals surface area (Å²) >= 11 is 1.42. The molecule has 1 N–H and O–H groups in total. The van der Waals surface area contributed by atoms with Gasteiger partial charge in [-0.3, -0.25) is 0 Å². The van der Waals surface area contributed by atoms with Crippen LogP contribution in [0.3, 0.4) is 0 Å². The summed E-state index contributed by atoms with van der Waals surface area (Å²) in [6.45, 7) is 0.228. The van der Waals surface area contributed by atoms with Crippen LogP contribution in [0.4, 0.5) is 5.69 Å². The maximum absolute atomic E-state index is 9.51. The molecule has 0 unspecified atom stereocenters. The van der Waals surface area contributed by atoms with Crippen molar-refractivity contribution in [3.8, 4) is 34.6 Å². The van der Waals surface area contributed by atoms with Gasteiger partial charge in [-0.1, -0.05) is 0 Å². The van der Waals surface area contributed by atoms with Gasteiger partial charge in [0.2, 0.25) is 6.79 Å². The van der Waals surface area contributed by atoms with Crippen LogP contribution in [-0.2, 0) is 0 Å². The van der Waals surface area contributed by atoms with Gasteiger partial charge in [-0.15, -0.1) is 11.3 Å². The zero-order valence-corrected chi connectivity index (χ0v) is 15.2. The normalized spacial score (nSPS) is 12.5. The monoisotopic (exact) mass is 377 g/mol. The van der Waals surface area contributed by atoms with Crippen LogP contribution in [0, 0.1) is 11.3 Å². The summed E-state index contributed by atoms with van der Waals surface area (Å²) in [5.74, 6) is 2.19. The number of fused-ring (bicyclic) bond motifs is 1. The Morgan fingerprint density at radius 3 is 2.81 bits per heavy atom. The van der Waals surface area contributed by atoms with Crippen LogP contribution in [-0.4, -0.2) is 18.9 Å². The number of nitriles is 1. The van der Waals surface area contributed by atoms with E-state index in [1.54, 1.807) is 13.3 Å². The molecule has 0 radical (unpaired) electrons. The Kier molecular flexibility index (Phi) is 4.64. The Bertz CT molecular complexity index is 1040. The van der Waals surface area contributed by atoms with Gasteiger partial charge >= 0.3 is 0 Å². The minimum absolute atomic E-state index is 0.228. The molecule has 0 aliphatic carbocycles. The van der Waals surface area contributed by atoms with Crippen molar-refractivity contribution in [1.82, 2.24) is 4.98 Å². The number of hydrogen-bond donors (Lipinski definition) is 1. The first-order valence-corrected chi connectivity index (χ1v) is 9.01. The molecular formula is C20H15N3O3S. The lowest BCUT2D eigenvalue weighted by Gasteiger charge is -2.03. The Morgan fingerprint density at radius 1 is 1.22 bits per heavy atom. The Balaban J connectivity index is 1.53. The van der Waals surface area contributed by atoms with Gasteiger partial charge in [-0.2, -0.15) is 5.26 Å². The third kappa shape index (κ3) is 3.57. The first-order valence-electron chi connectivity index (χ1n) is 8.13. The zero-order chi connectivity index (χ0) is 18.6. The van der Waals surface area contributed by atoms with Crippen LogP contribution in [0.2, 0.25) is 0 Å². The SMILES string of the molecule is COc1ccc(-c2csc(C(C#N)=CNc3ccc4c(c3)OCO4)n2)cc1. The molecule has 0 atom stereocenters. The van der Waals surface area contributed by atoms with Gasteiger partial charge in [-0.05, 0) is 36.4 Å². The number of ether oxygens (including phenoxy) is 3. The number of allylic oxidation sites excluding steroid dienone is 1. The van der Waals surface area contributed by atoms with Gasteiger partial charge in [0.1, 0.15) is 22.4 Å². The van der Waals surface area contributed by atoms with Gasteiger partial charge < -0.3 is 19.5 Å². The van der Waals surface area contributed by atoms with E-state index in [1.165, 1.54) is 11.3 Å². The summed E-state index contributed by atoms with van der Waals surface area (Å²) in [7, 11) is 1.63. The van der Waals surface area contributed by atoms with Gasteiger partial charge in [0.25, 0.3) is 0 Å². The number of anilines is 1. The number of aromatic nitrogens is 1. The standard InChI is InChI=1S/C20H15N3O3S/c1-24-16-5-2-13(3-6-16)17-11-27-20(23-17)14(9-21)10-22-15-4-7-18-19(8-15)26-12-25-18/h2-8,10-11,22H,12H2,1H3. The second kappa shape index (κ2) is 7.40. The summed E-state index contributed by atoms with van der Waals surface area (Å²) in [6.07, 6.45) is 1.65. The van der Waals surface area contributed by atoms with Gasteiger partial charge in [0.05, 0.1) is 12.8 Å². The van der Waals surface area contributed by atoms with Gasteiger partial charge in [0.15, 0.2) is 11.5 Å². The van der Waals surface area contributed by atoms with Crippen molar-refractivity contribution in [1.29, 1.82) is 5.26 Å². The molecule has 0 amide bonds. The number of hydrogen-bond acceptors (Lipinski definition) is 7. The highest BCUT2D eigenvalue weighted by Crippen LogP contribution is 2.34. The molecule has 0 bridgehead atoms. The number of thiazole rings is 1. The summed E-state index contributed by atoms with van der Waals surface area (Å²) in [5.41, 5.74) is 3.05. The number of benzene rings is 2. The molecule has 6 nitrogen and oxygen atoms in total. The number of nitrogens with one attached hydrogen (secondary N) is 1. The van der Waals surface area contributed by atoms with Crippen LogP contribution < -0.4 is 19.5 Å². The fraction of sp³-hybridized carbons (Fsp3) is 0.100. The Hall–Kier alpha value is -3.50. The average molecular weight is 377 g/mol. The fourth-order valence-electron chi connectivity index (χ4n) is 2.58. The van der Waals surface area contributed by atoms with Crippen molar-refractivity contribution < 1.29 is 14.2 Å². The van der Waals surface area contributed by atoms with Crippen molar-refractivity contribution in [2.75, 3.05) is 19.2 Å². The predicted octanol–water partition coefficient (Wildman–Crippen LogP) is 4.52. The van der Waals surface area contributed by atoms with Crippen molar-refractivity contribution >= 4 is 22.6 Å². The maximum Gasteiger partial charge on any atom is 0.231 e. The molecule has 0 saturated heterocycles. The van der Waals surface area contributed by atoms with E-state index < -0.39 is 0 Å². The summed E-state index contributed by atoms with van der Waals surface area (Å²) < 4.78 is 15.8. The molecular weight excluding hydrogens is 362 g/mol. The topological polar surface area (TPSA) is 76.4 Å². The Morgan fingerprint density at radius 2 is 2.04 bits per heavy atom. The molecule has 2 heterocycles. The molecule has 1 aliphatic heterocycles. The predicted molar refractivity (Wildman–Crippen MR) is 104 cm³/mol. The van der Waals surface area contributed by atoms with E-state index >= 15 is 0 Å². The quantitative estimate of drug-likeness (QED) is 0.659. The average Bonchev–Trinajstić information content (AvgIpc) is 3.38. The molecule has 1 aliphatic rings. The molecule has 0 spiro atoms. The summed E-state index contributed by atoms with van der Waals surface area (Å²) in [5, 5.41) is 15.2. The smallest absolute Gasteiger partial charge is 0.231 e. The molecule has 0 fully saturated rings. The number of nitrogens with zero attached hydrogens (tertiary/aromatic N) is 2. The summed E-state index contributed by atoms with van der Waals surface area (Å²) in [6, 6.07) is 15.4. The largest absolute Gasteiger partial charge is 0.497 e. The third-order valence-corrected chi connectivity index (χ3v) is 4.87. The highest BCUT2D eigenvalue weighted by molar-refractivity contribution is 7.11. The van der Waals surface area contributed by atoms with Crippen LogP contribution in [0.1, 0.15) is 5.01 Å². The molecule has 1 aromatic heterocycles. The first kappa shape index (κ1) is 16.9. The van der Waals surface area contributed by atoms with E-state index in [1.807, 2.05) is 47.8 Å². The van der Waals surface area contributed by atoms with Crippen LogP contribution in [0.15, 0.2) is 54.0 Å². The van der Waals surface area contributed by atoms with Crippen molar-refractivity contribution in [2.45, 2.75) is 0 Å². The maximum atomic E-state index is 9.51. The van der Waals surface area contributed by atoms with Crippen LogP contribution >= 0.6 is 11.3 Å². The molecule has 27 heavy (non-hydrogen) atoms. The molecule has 0 saturated carbocycles. The van der Waals surface area contributed by atoms with Crippen molar-refractivity contribution in [3.63, 3.8) is 0 Å². The Labute approximate surface area is 160 Å². The number of rotatable bonds is 5. The van der Waals surface area contributed by atoms with Crippen LogP contribution in [0.5, 0.6) is 17.2 Å². The van der Waals surface area contributed by atoms with E-state index in [9.17, 15) is 5.26 Å². The van der Waals surface area contributed by atoms with Crippen molar-refractivity contribution in [2.24, 2.45) is 0 Å². The summed E-state index contributed by atoms with van der Waals surface area (Å²) in [4.78, 5) is 4.58. The lowest BCUT2D eigenvalue weighted by Crippen LogP contribution is -1.93. The zero-order valence-electron chi connectivity index (χ0n) is 14.4. The van der Waals surface area contributed by atoms with E-state index in [4.69, 9.17) is 14.2 Å². The molecule has 3 aromatic rings. The van der Waals surface area contributed by atoms with Gasteiger partial charge in [-0.25, -0.2) is 4.98 Å². The highest BCUT2D eigenvalue weighted by Gasteiger charge is 2.13.